The number of methoxy groups -OCH3 is 1. The van der Waals surface area contributed by atoms with Gasteiger partial charge in [-0.15, -0.1) is 0 Å². The van der Waals surface area contributed by atoms with E-state index < -0.39 is 6.16 Å². The van der Waals surface area contributed by atoms with Crippen molar-refractivity contribution in [2.24, 2.45) is 0 Å². The van der Waals surface area contributed by atoms with Gasteiger partial charge in [-0.25, -0.2) is 4.79 Å². The smallest absolute Gasteiger partial charge is 0.489 e. The van der Waals surface area contributed by atoms with Crippen molar-refractivity contribution >= 4 is 28.7 Å². The second-order valence-electron chi connectivity index (χ2n) is 4.56. The van der Waals surface area contributed by atoms with Crippen molar-refractivity contribution < 1.29 is 19.0 Å². The Bertz CT molecular complexity index is 638. The fourth-order valence-electron chi connectivity index (χ4n) is 1.88. The molecule has 2 aromatic carbocycles. The molecule has 0 unspecified atom stereocenters. The molecule has 0 amide bonds. The molecule has 2 aromatic rings. The Hall–Kier alpha value is -1.76. The lowest BCUT2D eigenvalue weighted by molar-refractivity contribution is 0.120. The Balaban J connectivity index is 2.12. The van der Waals surface area contributed by atoms with Crippen molar-refractivity contribution in [1.82, 2.24) is 0 Å². The second kappa shape index (κ2) is 8.03. The molecule has 0 radical (unpaired) electrons. The van der Waals surface area contributed by atoms with Crippen LogP contribution in [0.3, 0.4) is 0 Å². The molecule has 0 bridgehead atoms. The van der Waals surface area contributed by atoms with Gasteiger partial charge in [-0.1, -0.05) is 25.1 Å². The number of aryl methyl sites for hydroxylation is 1. The predicted molar refractivity (Wildman–Crippen MR) is 92.3 cm³/mol. The third-order valence-corrected chi connectivity index (χ3v) is 4.16. The van der Waals surface area contributed by atoms with Gasteiger partial charge in [-0.3, -0.25) is 0 Å². The normalized spacial score (nSPS) is 10.1. The van der Waals surface area contributed by atoms with Gasteiger partial charge in [-0.05, 0) is 58.8 Å². The minimum Gasteiger partial charge on any atom is -0.489 e. The van der Waals surface area contributed by atoms with Crippen LogP contribution in [0.4, 0.5) is 4.79 Å². The average Bonchev–Trinajstić information content (AvgIpc) is 2.54. The zero-order valence-electron chi connectivity index (χ0n) is 12.5. The molecule has 0 heterocycles. The van der Waals surface area contributed by atoms with E-state index in [1.807, 2.05) is 36.4 Å². The van der Waals surface area contributed by atoms with Crippen molar-refractivity contribution in [1.29, 1.82) is 0 Å². The van der Waals surface area contributed by atoms with E-state index in [-0.39, 0.29) is 0 Å². The molecule has 4 nitrogen and oxygen atoms in total. The highest BCUT2D eigenvalue weighted by Crippen LogP contribution is 2.26. The van der Waals surface area contributed by atoms with E-state index in [0.29, 0.717) is 12.4 Å². The number of hydrogen-bond donors (Lipinski definition) is 0. The molecule has 0 spiro atoms. The van der Waals surface area contributed by atoms with Gasteiger partial charge >= 0.3 is 6.16 Å². The van der Waals surface area contributed by atoms with E-state index >= 15 is 0 Å². The summed E-state index contributed by atoms with van der Waals surface area (Å²) in [4.78, 5) is 11.3. The van der Waals surface area contributed by atoms with Gasteiger partial charge in [0.2, 0.25) is 0 Å². The Labute approximate surface area is 143 Å². The van der Waals surface area contributed by atoms with Crippen molar-refractivity contribution in [3.8, 4) is 11.5 Å². The summed E-state index contributed by atoms with van der Waals surface area (Å²) in [7, 11) is 1.28. The lowest BCUT2D eigenvalue weighted by Gasteiger charge is -2.12. The highest BCUT2D eigenvalue weighted by molar-refractivity contribution is 14.1. The summed E-state index contributed by atoms with van der Waals surface area (Å²) in [5.41, 5.74) is 2.07. The number of carbonyl (C=O) groups excluding carboxylic acids is 1. The van der Waals surface area contributed by atoms with Gasteiger partial charge in [-0.2, -0.15) is 0 Å². The van der Waals surface area contributed by atoms with Crippen LogP contribution in [-0.2, 0) is 17.8 Å². The van der Waals surface area contributed by atoms with Crippen molar-refractivity contribution in [3.05, 3.63) is 57.2 Å². The Morgan fingerprint density at radius 2 is 1.86 bits per heavy atom. The Morgan fingerprint density at radius 3 is 2.50 bits per heavy atom. The number of hydrogen-bond acceptors (Lipinski definition) is 4. The monoisotopic (exact) mass is 412 g/mol. The van der Waals surface area contributed by atoms with E-state index in [1.165, 1.54) is 12.7 Å². The molecule has 116 valence electrons. The van der Waals surface area contributed by atoms with E-state index in [0.717, 1.165) is 21.3 Å². The Kier molecular flexibility index (Phi) is 6.06. The molecule has 0 aromatic heterocycles. The molecule has 2 rings (SSSR count). The molecule has 0 atom stereocenters. The number of halogens is 1. The van der Waals surface area contributed by atoms with Gasteiger partial charge < -0.3 is 14.2 Å². The molecule has 0 aliphatic carbocycles. The molecule has 0 saturated carbocycles. The van der Waals surface area contributed by atoms with Crippen LogP contribution >= 0.6 is 22.6 Å². The van der Waals surface area contributed by atoms with Gasteiger partial charge in [0, 0.05) is 9.13 Å². The van der Waals surface area contributed by atoms with Crippen molar-refractivity contribution in [2.45, 2.75) is 20.0 Å². The summed E-state index contributed by atoms with van der Waals surface area (Å²) in [6.07, 6.45) is 0.254. The SMILES string of the molecule is CCc1ccc(OCc2c(I)cccc2OC(=O)OC)cc1. The summed E-state index contributed by atoms with van der Waals surface area (Å²) >= 11 is 2.19. The molecule has 22 heavy (non-hydrogen) atoms. The van der Waals surface area contributed by atoms with Crippen LogP contribution in [0.2, 0.25) is 0 Å². The van der Waals surface area contributed by atoms with E-state index in [4.69, 9.17) is 9.47 Å². The fraction of sp³-hybridized carbons (Fsp3) is 0.235. The largest absolute Gasteiger partial charge is 0.513 e. The third kappa shape index (κ3) is 4.37. The van der Waals surface area contributed by atoms with Crippen LogP contribution in [0.1, 0.15) is 18.1 Å². The number of ether oxygens (including phenoxy) is 3. The molecule has 0 N–H and O–H groups in total. The van der Waals surface area contributed by atoms with E-state index in [1.54, 1.807) is 6.07 Å². The first-order valence-electron chi connectivity index (χ1n) is 6.89. The van der Waals surface area contributed by atoms with Gasteiger partial charge in [0.05, 0.1) is 7.11 Å². The predicted octanol–water partition coefficient (Wildman–Crippen LogP) is 4.58. The van der Waals surface area contributed by atoms with Gasteiger partial charge in [0.25, 0.3) is 0 Å². The fourth-order valence-corrected chi connectivity index (χ4v) is 2.51. The third-order valence-electron chi connectivity index (χ3n) is 3.15. The minimum atomic E-state index is -0.740. The highest BCUT2D eigenvalue weighted by atomic mass is 127. The molecular weight excluding hydrogens is 395 g/mol. The van der Waals surface area contributed by atoms with Crippen LogP contribution in [0, 0.1) is 3.57 Å². The average molecular weight is 412 g/mol. The van der Waals surface area contributed by atoms with Gasteiger partial charge in [0.15, 0.2) is 0 Å². The lowest BCUT2D eigenvalue weighted by Crippen LogP contribution is -2.10. The summed E-state index contributed by atoms with van der Waals surface area (Å²) < 4.78 is 16.4. The first kappa shape index (κ1) is 16.6. The van der Waals surface area contributed by atoms with Crippen LogP contribution < -0.4 is 9.47 Å². The highest BCUT2D eigenvalue weighted by Gasteiger charge is 2.13. The van der Waals surface area contributed by atoms with Crippen LogP contribution in [0.25, 0.3) is 0 Å². The van der Waals surface area contributed by atoms with Crippen molar-refractivity contribution in [3.63, 3.8) is 0 Å². The maximum atomic E-state index is 11.3. The summed E-state index contributed by atoms with van der Waals surface area (Å²) in [5, 5.41) is 0. The van der Waals surface area contributed by atoms with Gasteiger partial charge in [0.1, 0.15) is 18.1 Å². The van der Waals surface area contributed by atoms with Crippen LogP contribution in [-0.4, -0.2) is 13.3 Å². The minimum absolute atomic E-state index is 0.316. The maximum absolute atomic E-state index is 11.3. The van der Waals surface area contributed by atoms with E-state index in [9.17, 15) is 4.79 Å². The number of benzene rings is 2. The van der Waals surface area contributed by atoms with Crippen LogP contribution in [0.5, 0.6) is 11.5 Å². The van der Waals surface area contributed by atoms with Crippen molar-refractivity contribution in [2.75, 3.05) is 7.11 Å². The second-order valence-corrected chi connectivity index (χ2v) is 5.72. The standard InChI is InChI=1S/C17H17IO4/c1-3-12-7-9-13(10-8-12)21-11-14-15(18)5-4-6-16(14)22-17(19)20-2/h4-10H,3,11H2,1-2H3. The molecule has 5 heteroatoms. The Morgan fingerprint density at radius 1 is 1.14 bits per heavy atom. The first-order chi connectivity index (χ1) is 10.6. The summed E-state index contributed by atoms with van der Waals surface area (Å²) in [6.45, 7) is 2.43. The zero-order valence-corrected chi connectivity index (χ0v) is 14.6. The van der Waals surface area contributed by atoms with E-state index in [2.05, 4.69) is 34.3 Å². The molecular formula is C17H17IO4. The molecule has 0 saturated heterocycles. The topological polar surface area (TPSA) is 44.8 Å². The lowest BCUT2D eigenvalue weighted by atomic mass is 10.2. The quantitative estimate of drug-likeness (QED) is 0.410. The van der Waals surface area contributed by atoms with Crippen LogP contribution in [0.15, 0.2) is 42.5 Å². The first-order valence-corrected chi connectivity index (χ1v) is 7.96. The summed E-state index contributed by atoms with van der Waals surface area (Å²) in [6, 6.07) is 13.4. The molecule has 0 aliphatic rings. The summed E-state index contributed by atoms with van der Waals surface area (Å²) in [5.74, 6) is 1.23. The molecule has 0 fully saturated rings. The number of carbonyl (C=O) groups is 1. The molecule has 0 aliphatic heterocycles. The number of rotatable bonds is 5. The maximum Gasteiger partial charge on any atom is 0.513 e. The zero-order chi connectivity index (χ0) is 15.9.